The SMILES string of the molecule is Cc1c(Nc2ncnc3ccccc23)c(-c2ccccc2)c(C(N)=O)c2[nH]c3ccccc3c12. The number of aromatic amines is 1. The second kappa shape index (κ2) is 7.71. The number of para-hydroxylation sites is 2. The molecule has 0 saturated heterocycles. The maximum atomic E-state index is 13.0. The van der Waals surface area contributed by atoms with Crippen molar-refractivity contribution < 1.29 is 4.79 Å². The summed E-state index contributed by atoms with van der Waals surface area (Å²) in [6.45, 7) is 2.06. The molecule has 164 valence electrons. The lowest BCUT2D eigenvalue weighted by Gasteiger charge is -2.20. The number of aryl methyl sites for hydroxylation is 1. The zero-order valence-electron chi connectivity index (χ0n) is 18.5. The van der Waals surface area contributed by atoms with E-state index < -0.39 is 5.91 Å². The van der Waals surface area contributed by atoms with Crippen LogP contribution in [0.3, 0.4) is 0 Å². The summed E-state index contributed by atoms with van der Waals surface area (Å²) in [4.78, 5) is 25.3. The summed E-state index contributed by atoms with van der Waals surface area (Å²) in [5.74, 6) is 0.173. The highest BCUT2D eigenvalue weighted by Gasteiger charge is 2.25. The number of H-pyrrole nitrogens is 1. The molecule has 0 spiro atoms. The van der Waals surface area contributed by atoms with Gasteiger partial charge in [-0.2, -0.15) is 0 Å². The highest BCUT2D eigenvalue weighted by molar-refractivity contribution is 6.22. The van der Waals surface area contributed by atoms with Crippen LogP contribution >= 0.6 is 0 Å². The molecule has 0 saturated carbocycles. The Kier molecular flexibility index (Phi) is 4.52. The number of amides is 1. The van der Waals surface area contributed by atoms with Crippen molar-refractivity contribution in [3.63, 3.8) is 0 Å². The molecule has 2 heterocycles. The van der Waals surface area contributed by atoms with Crippen LogP contribution in [0.1, 0.15) is 15.9 Å². The van der Waals surface area contributed by atoms with E-state index in [0.717, 1.165) is 55.1 Å². The fourth-order valence-electron chi connectivity index (χ4n) is 4.80. The summed E-state index contributed by atoms with van der Waals surface area (Å²) in [6.07, 6.45) is 1.54. The lowest BCUT2D eigenvalue weighted by Crippen LogP contribution is -2.15. The Morgan fingerprint density at radius 2 is 1.59 bits per heavy atom. The lowest BCUT2D eigenvalue weighted by molar-refractivity contribution is 0.100. The first-order valence-electron chi connectivity index (χ1n) is 11.0. The predicted molar refractivity (Wildman–Crippen MR) is 137 cm³/mol. The van der Waals surface area contributed by atoms with E-state index in [9.17, 15) is 4.79 Å². The van der Waals surface area contributed by atoms with Gasteiger partial charge < -0.3 is 16.0 Å². The number of carbonyl (C=O) groups excluding carboxylic acids is 1. The number of hydrogen-bond acceptors (Lipinski definition) is 4. The number of nitrogens with zero attached hydrogens (tertiary/aromatic N) is 2. The van der Waals surface area contributed by atoms with Crippen LogP contribution in [-0.4, -0.2) is 20.9 Å². The summed E-state index contributed by atoms with van der Waals surface area (Å²) < 4.78 is 0. The number of benzene rings is 4. The van der Waals surface area contributed by atoms with Gasteiger partial charge in [0.1, 0.15) is 12.1 Å². The molecule has 6 heteroatoms. The number of fused-ring (bicyclic) bond motifs is 4. The fraction of sp³-hybridized carbons (Fsp3) is 0.0357. The molecule has 0 aliphatic rings. The van der Waals surface area contributed by atoms with Gasteiger partial charge in [0.05, 0.1) is 22.3 Å². The smallest absolute Gasteiger partial charge is 0.251 e. The Morgan fingerprint density at radius 1 is 0.882 bits per heavy atom. The van der Waals surface area contributed by atoms with Gasteiger partial charge in [-0.1, -0.05) is 60.7 Å². The molecule has 6 rings (SSSR count). The minimum absolute atomic E-state index is 0.448. The second-order valence-electron chi connectivity index (χ2n) is 8.27. The van der Waals surface area contributed by atoms with Gasteiger partial charge in [-0.05, 0) is 36.2 Å². The molecule has 0 bridgehead atoms. The first-order chi connectivity index (χ1) is 16.6. The lowest BCUT2D eigenvalue weighted by atomic mass is 9.90. The van der Waals surface area contributed by atoms with Crippen molar-refractivity contribution in [1.29, 1.82) is 0 Å². The van der Waals surface area contributed by atoms with E-state index in [4.69, 9.17) is 5.73 Å². The van der Waals surface area contributed by atoms with E-state index in [0.29, 0.717) is 11.4 Å². The van der Waals surface area contributed by atoms with E-state index in [-0.39, 0.29) is 0 Å². The molecule has 4 aromatic carbocycles. The molecular formula is C28H21N5O. The van der Waals surface area contributed by atoms with Crippen molar-refractivity contribution in [2.24, 2.45) is 5.73 Å². The van der Waals surface area contributed by atoms with Crippen LogP contribution in [0, 0.1) is 6.92 Å². The minimum atomic E-state index is -0.494. The van der Waals surface area contributed by atoms with Crippen molar-refractivity contribution in [1.82, 2.24) is 15.0 Å². The van der Waals surface area contributed by atoms with Crippen LogP contribution in [-0.2, 0) is 0 Å². The maximum absolute atomic E-state index is 13.0. The standard InChI is InChI=1S/C28H21N5O/c1-16-22-18-11-5-8-14-21(18)32-26(22)24(27(29)34)23(17-9-3-2-4-10-17)25(16)33-28-19-12-6-7-13-20(19)30-15-31-28/h2-15,32H,1H3,(H2,29,34)(H,30,31,33). The van der Waals surface area contributed by atoms with Crippen molar-refractivity contribution in [3.05, 3.63) is 96.3 Å². The highest BCUT2D eigenvalue weighted by Crippen LogP contribution is 2.44. The van der Waals surface area contributed by atoms with Crippen LogP contribution in [0.25, 0.3) is 43.8 Å². The van der Waals surface area contributed by atoms with Crippen LogP contribution in [0.2, 0.25) is 0 Å². The van der Waals surface area contributed by atoms with Crippen LogP contribution in [0.4, 0.5) is 11.5 Å². The van der Waals surface area contributed by atoms with Crippen LogP contribution in [0.15, 0.2) is 85.2 Å². The summed E-state index contributed by atoms with van der Waals surface area (Å²) in [5, 5.41) is 6.44. The van der Waals surface area contributed by atoms with Gasteiger partial charge in [-0.3, -0.25) is 4.79 Å². The van der Waals surface area contributed by atoms with Crippen molar-refractivity contribution >= 4 is 50.1 Å². The summed E-state index contributed by atoms with van der Waals surface area (Å²) in [7, 11) is 0. The Morgan fingerprint density at radius 3 is 2.38 bits per heavy atom. The number of nitrogens with two attached hydrogens (primary N) is 1. The maximum Gasteiger partial charge on any atom is 0.251 e. The Balaban J connectivity index is 1.75. The number of nitrogens with one attached hydrogen (secondary N) is 2. The van der Waals surface area contributed by atoms with Gasteiger partial charge in [-0.15, -0.1) is 0 Å². The largest absolute Gasteiger partial charge is 0.366 e. The Labute approximate surface area is 195 Å². The molecule has 2 aromatic heterocycles. The molecule has 4 N–H and O–H groups in total. The highest BCUT2D eigenvalue weighted by atomic mass is 16.1. The topological polar surface area (TPSA) is 96.7 Å². The van der Waals surface area contributed by atoms with E-state index in [1.165, 1.54) is 0 Å². The Hall–Kier alpha value is -4.71. The normalized spacial score (nSPS) is 11.3. The van der Waals surface area contributed by atoms with Gasteiger partial charge in [0, 0.05) is 27.2 Å². The quantitative estimate of drug-likeness (QED) is 0.307. The molecule has 34 heavy (non-hydrogen) atoms. The second-order valence-corrected chi connectivity index (χ2v) is 8.27. The summed E-state index contributed by atoms with van der Waals surface area (Å²) in [5.41, 5.74) is 12.4. The predicted octanol–water partition coefficient (Wildman–Crippen LogP) is 6.08. The molecule has 0 fully saturated rings. The number of rotatable bonds is 4. The van der Waals surface area contributed by atoms with Crippen molar-refractivity contribution in [2.75, 3.05) is 5.32 Å². The van der Waals surface area contributed by atoms with E-state index in [1.54, 1.807) is 6.33 Å². The fourth-order valence-corrected chi connectivity index (χ4v) is 4.80. The number of anilines is 2. The van der Waals surface area contributed by atoms with Gasteiger partial charge >= 0.3 is 0 Å². The van der Waals surface area contributed by atoms with Crippen LogP contribution < -0.4 is 11.1 Å². The minimum Gasteiger partial charge on any atom is -0.366 e. The Bertz CT molecular complexity index is 1710. The first-order valence-corrected chi connectivity index (χ1v) is 11.0. The van der Waals surface area contributed by atoms with Crippen molar-refractivity contribution in [2.45, 2.75) is 6.92 Å². The number of aromatic nitrogens is 3. The molecule has 0 aliphatic heterocycles. The molecule has 0 unspecified atom stereocenters. The van der Waals surface area contributed by atoms with Gasteiger partial charge in [0.2, 0.25) is 0 Å². The average Bonchev–Trinajstić information content (AvgIpc) is 3.25. The van der Waals surface area contributed by atoms with E-state index in [2.05, 4.69) is 33.3 Å². The molecule has 0 radical (unpaired) electrons. The third kappa shape index (κ3) is 3.00. The van der Waals surface area contributed by atoms with Gasteiger partial charge in [0.25, 0.3) is 5.91 Å². The number of primary amides is 1. The molecule has 6 nitrogen and oxygen atoms in total. The van der Waals surface area contributed by atoms with Gasteiger partial charge in [0.15, 0.2) is 0 Å². The average molecular weight is 444 g/mol. The summed E-state index contributed by atoms with van der Waals surface area (Å²) in [6, 6.07) is 25.7. The summed E-state index contributed by atoms with van der Waals surface area (Å²) >= 11 is 0. The zero-order chi connectivity index (χ0) is 23.2. The molecule has 1 amide bonds. The van der Waals surface area contributed by atoms with Crippen LogP contribution in [0.5, 0.6) is 0 Å². The van der Waals surface area contributed by atoms with Gasteiger partial charge in [-0.25, -0.2) is 9.97 Å². The number of hydrogen-bond donors (Lipinski definition) is 3. The molecule has 0 atom stereocenters. The zero-order valence-corrected chi connectivity index (χ0v) is 18.5. The molecule has 0 aliphatic carbocycles. The number of carbonyl (C=O) groups is 1. The monoisotopic (exact) mass is 443 g/mol. The van der Waals surface area contributed by atoms with E-state index in [1.807, 2.05) is 72.8 Å². The van der Waals surface area contributed by atoms with Crippen molar-refractivity contribution in [3.8, 4) is 11.1 Å². The third-order valence-electron chi connectivity index (χ3n) is 6.30. The third-order valence-corrected chi connectivity index (χ3v) is 6.30. The first kappa shape index (κ1) is 19.9. The van der Waals surface area contributed by atoms with E-state index >= 15 is 0 Å². The molecule has 6 aromatic rings. The molecular weight excluding hydrogens is 422 g/mol.